The van der Waals surface area contributed by atoms with E-state index in [0.717, 1.165) is 11.3 Å². The molecule has 1 aromatic carbocycles. The Balaban J connectivity index is 2.53. The van der Waals surface area contributed by atoms with Gasteiger partial charge in [0.2, 0.25) is 5.91 Å². The van der Waals surface area contributed by atoms with E-state index in [2.05, 4.69) is 0 Å². The highest BCUT2D eigenvalue weighted by atomic mass is 16.5. The zero-order chi connectivity index (χ0) is 10.3. The number of carbonyl (C=O) groups is 1. The van der Waals surface area contributed by atoms with Crippen LogP contribution < -0.4 is 10.5 Å². The molecule has 1 aromatic rings. The molecule has 0 aromatic heterocycles. The molecule has 2 N–H and O–H groups in total. The molecular weight excluding hydrogens is 178 g/mol. The van der Waals surface area contributed by atoms with Gasteiger partial charge in [-0.15, -0.1) is 0 Å². The summed E-state index contributed by atoms with van der Waals surface area (Å²) in [4.78, 5) is 11.3. The van der Waals surface area contributed by atoms with Crippen LogP contribution >= 0.6 is 0 Å². The fraction of sp³-hybridized carbons (Fsp3) is 0.364. The van der Waals surface area contributed by atoms with E-state index in [1.165, 1.54) is 0 Å². The largest absolute Gasteiger partial charge is 0.486 e. The topological polar surface area (TPSA) is 52.3 Å². The van der Waals surface area contributed by atoms with Crippen LogP contribution in [0.4, 0.5) is 0 Å². The van der Waals surface area contributed by atoms with Gasteiger partial charge in [-0.1, -0.05) is 18.2 Å². The van der Waals surface area contributed by atoms with Gasteiger partial charge < -0.3 is 10.5 Å². The summed E-state index contributed by atoms with van der Waals surface area (Å²) in [5, 5.41) is 0. The van der Waals surface area contributed by atoms with Gasteiger partial charge in [0, 0.05) is 5.56 Å². The third-order valence-electron chi connectivity index (χ3n) is 2.58. The van der Waals surface area contributed by atoms with Crippen molar-refractivity contribution in [3.05, 3.63) is 29.8 Å². The number of primary amides is 1. The van der Waals surface area contributed by atoms with Crippen molar-refractivity contribution in [3.8, 4) is 5.75 Å². The predicted octanol–water partition coefficient (Wildman–Crippen LogP) is 1.43. The molecule has 2 rings (SSSR count). The minimum atomic E-state index is -0.532. The monoisotopic (exact) mass is 191 g/mol. The lowest BCUT2D eigenvalue weighted by Gasteiger charge is -2.23. The van der Waals surface area contributed by atoms with Gasteiger partial charge in [0.1, 0.15) is 17.3 Å². The molecule has 1 amide bonds. The van der Waals surface area contributed by atoms with Crippen molar-refractivity contribution in [2.24, 2.45) is 5.73 Å². The first kappa shape index (κ1) is 9.06. The predicted molar refractivity (Wildman–Crippen MR) is 53.1 cm³/mol. The number of para-hydroxylation sites is 1. The maximum Gasteiger partial charge on any atom is 0.229 e. The van der Waals surface area contributed by atoms with Gasteiger partial charge in [-0.25, -0.2) is 0 Å². The van der Waals surface area contributed by atoms with Gasteiger partial charge in [0.05, 0.1) is 0 Å². The number of rotatable bonds is 1. The SMILES string of the molecule is CC1(C)Oc2ccccc2C1C(N)=O. The Labute approximate surface area is 82.9 Å². The molecule has 1 heterocycles. The molecule has 1 atom stereocenters. The molecule has 74 valence electrons. The molecule has 1 unspecified atom stereocenters. The summed E-state index contributed by atoms with van der Waals surface area (Å²) < 4.78 is 5.67. The van der Waals surface area contributed by atoms with Crippen molar-refractivity contribution in [1.82, 2.24) is 0 Å². The fourth-order valence-corrected chi connectivity index (χ4v) is 2.02. The van der Waals surface area contributed by atoms with Crippen LogP contribution in [0.3, 0.4) is 0 Å². The van der Waals surface area contributed by atoms with Gasteiger partial charge in [-0.3, -0.25) is 4.79 Å². The van der Waals surface area contributed by atoms with E-state index in [1.807, 2.05) is 38.1 Å². The van der Waals surface area contributed by atoms with Crippen molar-refractivity contribution in [2.75, 3.05) is 0 Å². The van der Waals surface area contributed by atoms with Crippen LogP contribution in [-0.4, -0.2) is 11.5 Å². The van der Waals surface area contributed by atoms with Gasteiger partial charge >= 0.3 is 0 Å². The number of hydrogen-bond donors (Lipinski definition) is 1. The molecule has 0 fully saturated rings. The minimum absolute atomic E-state index is 0.333. The third kappa shape index (κ3) is 1.16. The Hall–Kier alpha value is -1.51. The number of nitrogens with two attached hydrogens (primary N) is 1. The molecule has 1 aliphatic rings. The molecule has 0 bridgehead atoms. The Morgan fingerprint density at radius 2 is 2.07 bits per heavy atom. The lowest BCUT2D eigenvalue weighted by Crippen LogP contribution is -2.38. The van der Waals surface area contributed by atoms with Crippen molar-refractivity contribution in [1.29, 1.82) is 0 Å². The Morgan fingerprint density at radius 3 is 2.71 bits per heavy atom. The van der Waals surface area contributed by atoms with Crippen LogP contribution in [0.5, 0.6) is 5.75 Å². The first-order chi connectivity index (χ1) is 6.52. The fourth-order valence-electron chi connectivity index (χ4n) is 2.02. The van der Waals surface area contributed by atoms with Crippen LogP contribution in [-0.2, 0) is 4.79 Å². The molecule has 0 saturated heterocycles. The highest BCUT2D eigenvalue weighted by molar-refractivity contribution is 5.85. The van der Waals surface area contributed by atoms with E-state index >= 15 is 0 Å². The second-order valence-electron chi connectivity index (χ2n) is 4.08. The smallest absolute Gasteiger partial charge is 0.229 e. The highest BCUT2D eigenvalue weighted by Gasteiger charge is 2.44. The lowest BCUT2D eigenvalue weighted by molar-refractivity contribution is -0.122. The number of amides is 1. The Kier molecular flexibility index (Phi) is 1.77. The molecular formula is C11H13NO2. The molecule has 0 aliphatic carbocycles. The van der Waals surface area contributed by atoms with Crippen LogP contribution in [0.25, 0.3) is 0 Å². The Morgan fingerprint density at radius 1 is 1.43 bits per heavy atom. The number of hydrogen-bond acceptors (Lipinski definition) is 2. The van der Waals surface area contributed by atoms with E-state index in [1.54, 1.807) is 0 Å². The maximum absolute atomic E-state index is 11.3. The molecule has 3 nitrogen and oxygen atoms in total. The second kappa shape index (κ2) is 2.74. The summed E-state index contributed by atoms with van der Waals surface area (Å²) in [6.07, 6.45) is 0. The number of fused-ring (bicyclic) bond motifs is 1. The van der Waals surface area contributed by atoms with E-state index in [-0.39, 0.29) is 11.8 Å². The van der Waals surface area contributed by atoms with Crippen LogP contribution in [0, 0.1) is 0 Å². The summed E-state index contributed by atoms with van der Waals surface area (Å²) in [5.74, 6) is 0.0833. The molecule has 0 radical (unpaired) electrons. The normalized spacial score (nSPS) is 22.6. The third-order valence-corrected chi connectivity index (χ3v) is 2.58. The summed E-state index contributed by atoms with van der Waals surface area (Å²) >= 11 is 0. The standard InChI is InChI=1S/C11H13NO2/c1-11(2)9(10(12)13)7-5-3-4-6-8(7)14-11/h3-6,9H,1-2H3,(H2,12,13). The van der Waals surface area contributed by atoms with Crippen molar-refractivity contribution >= 4 is 5.91 Å². The minimum Gasteiger partial charge on any atom is -0.486 e. The molecule has 3 heteroatoms. The summed E-state index contributed by atoms with van der Waals surface area (Å²) in [6, 6.07) is 7.53. The lowest BCUT2D eigenvalue weighted by atomic mass is 9.86. The number of ether oxygens (including phenoxy) is 1. The van der Waals surface area contributed by atoms with Crippen molar-refractivity contribution in [2.45, 2.75) is 25.4 Å². The Bertz CT molecular complexity index is 385. The zero-order valence-electron chi connectivity index (χ0n) is 8.28. The number of benzene rings is 1. The first-order valence-electron chi connectivity index (χ1n) is 4.59. The van der Waals surface area contributed by atoms with Crippen LogP contribution in [0.15, 0.2) is 24.3 Å². The average Bonchev–Trinajstić information content (AvgIpc) is 2.33. The van der Waals surface area contributed by atoms with Gasteiger partial charge in [-0.05, 0) is 19.9 Å². The van der Waals surface area contributed by atoms with Gasteiger partial charge in [0.25, 0.3) is 0 Å². The highest BCUT2D eigenvalue weighted by Crippen LogP contribution is 2.43. The average molecular weight is 191 g/mol. The quantitative estimate of drug-likeness (QED) is 0.730. The first-order valence-corrected chi connectivity index (χ1v) is 4.59. The molecule has 0 saturated carbocycles. The number of carbonyl (C=O) groups excluding carboxylic acids is 1. The zero-order valence-corrected chi connectivity index (χ0v) is 8.28. The maximum atomic E-state index is 11.3. The van der Waals surface area contributed by atoms with E-state index in [4.69, 9.17) is 10.5 Å². The molecule has 0 spiro atoms. The second-order valence-corrected chi connectivity index (χ2v) is 4.08. The van der Waals surface area contributed by atoms with E-state index in [9.17, 15) is 4.79 Å². The van der Waals surface area contributed by atoms with E-state index in [0.29, 0.717) is 0 Å². The van der Waals surface area contributed by atoms with Crippen LogP contribution in [0.2, 0.25) is 0 Å². The summed E-state index contributed by atoms with van der Waals surface area (Å²) in [7, 11) is 0. The van der Waals surface area contributed by atoms with Crippen LogP contribution in [0.1, 0.15) is 25.3 Å². The molecule has 14 heavy (non-hydrogen) atoms. The van der Waals surface area contributed by atoms with Crippen molar-refractivity contribution in [3.63, 3.8) is 0 Å². The summed E-state index contributed by atoms with van der Waals surface area (Å²) in [5.41, 5.74) is 5.73. The van der Waals surface area contributed by atoms with Gasteiger partial charge in [0.15, 0.2) is 0 Å². The summed E-state index contributed by atoms with van der Waals surface area (Å²) in [6.45, 7) is 3.75. The van der Waals surface area contributed by atoms with Crippen molar-refractivity contribution < 1.29 is 9.53 Å². The van der Waals surface area contributed by atoms with E-state index < -0.39 is 5.60 Å². The van der Waals surface area contributed by atoms with Gasteiger partial charge in [-0.2, -0.15) is 0 Å². The molecule has 1 aliphatic heterocycles.